The van der Waals surface area contributed by atoms with Crippen LogP contribution in [0.5, 0.6) is 0 Å². The van der Waals surface area contributed by atoms with E-state index in [1.54, 1.807) is 29.9 Å². The number of halogens is 1. The molecule has 12 heteroatoms. The number of aryl methyl sites for hydroxylation is 1. The summed E-state index contributed by atoms with van der Waals surface area (Å²) >= 11 is 0. The van der Waals surface area contributed by atoms with Crippen molar-refractivity contribution in [2.75, 3.05) is 56.8 Å². The summed E-state index contributed by atoms with van der Waals surface area (Å²) in [6.45, 7) is 1.95. The number of hydrogen-bond donors (Lipinski definition) is 1. The summed E-state index contributed by atoms with van der Waals surface area (Å²) in [4.78, 5) is 33.2. The van der Waals surface area contributed by atoms with E-state index < -0.39 is 18.5 Å². The molecule has 3 aromatic rings. The first-order valence-electron chi connectivity index (χ1n) is 9.82. The molecule has 0 spiro atoms. The molecule has 31 heavy (non-hydrogen) atoms. The number of alkyl halides is 1. The molecule has 11 nitrogen and oxygen atoms in total. The fourth-order valence-corrected chi connectivity index (χ4v) is 3.33. The van der Waals surface area contributed by atoms with E-state index in [0.29, 0.717) is 43.6 Å². The number of rotatable bonds is 6. The van der Waals surface area contributed by atoms with Gasteiger partial charge >= 0.3 is 0 Å². The van der Waals surface area contributed by atoms with Crippen LogP contribution in [0.15, 0.2) is 24.5 Å². The molecule has 0 saturated carbocycles. The summed E-state index contributed by atoms with van der Waals surface area (Å²) in [5.41, 5.74) is 1.26. The van der Waals surface area contributed by atoms with Crippen LogP contribution in [0.2, 0.25) is 0 Å². The van der Waals surface area contributed by atoms with Crippen molar-refractivity contribution in [3.63, 3.8) is 0 Å². The zero-order chi connectivity index (χ0) is 22.0. The molecular weight excluding hydrogens is 407 g/mol. The number of morpholine rings is 1. The highest BCUT2D eigenvalue weighted by atomic mass is 19.1. The Morgan fingerprint density at radius 3 is 2.84 bits per heavy atom. The molecule has 2 amide bonds. The molecule has 1 fully saturated rings. The Labute approximate surface area is 177 Å². The molecule has 0 bridgehead atoms. The maximum Gasteiger partial charge on any atom is 0.274 e. The quantitative estimate of drug-likeness (QED) is 0.610. The van der Waals surface area contributed by atoms with Gasteiger partial charge in [-0.25, -0.2) is 8.91 Å². The minimum absolute atomic E-state index is 0.0657. The van der Waals surface area contributed by atoms with Gasteiger partial charge in [0.15, 0.2) is 5.65 Å². The van der Waals surface area contributed by atoms with Crippen molar-refractivity contribution >= 4 is 29.1 Å². The smallest absolute Gasteiger partial charge is 0.274 e. The molecule has 164 valence electrons. The van der Waals surface area contributed by atoms with Gasteiger partial charge in [-0.2, -0.15) is 10.1 Å². The lowest BCUT2D eigenvalue weighted by Gasteiger charge is -2.25. The van der Waals surface area contributed by atoms with E-state index in [-0.39, 0.29) is 17.8 Å². The topological polar surface area (TPSA) is 110 Å². The zero-order valence-corrected chi connectivity index (χ0v) is 17.3. The van der Waals surface area contributed by atoms with Crippen molar-refractivity contribution in [1.82, 2.24) is 29.3 Å². The standard InChI is InChI=1S/C19H23FN8O3/c1-25(6-4-20)18(30)14-12-21-26(2)16(14)17(29)22-13-3-5-28-15(11-13)23-19(24-28)27-7-9-31-10-8-27/h3,5,11-12H,4,6-10H2,1-2H3,(H,22,29). The minimum atomic E-state index is -0.672. The van der Waals surface area contributed by atoms with Gasteiger partial charge in [-0.3, -0.25) is 14.3 Å². The van der Waals surface area contributed by atoms with E-state index in [1.165, 1.54) is 22.8 Å². The maximum absolute atomic E-state index is 12.9. The van der Waals surface area contributed by atoms with Crippen LogP contribution < -0.4 is 10.2 Å². The van der Waals surface area contributed by atoms with E-state index in [9.17, 15) is 14.0 Å². The lowest BCUT2D eigenvalue weighted by atomic mass is 10.2. The number of nitrogens with one attached hydrogen (secondary N) is 1. The van der Waals surface area contributed by atoms with E-state index in [0.717, 1.165) is 0 Å². The summed E-state index contributed by atoms with van der Waals surface area (Å²) in [7, 11) is 3.04. The number of carbonyl (C=O) groups is 2. The fourth-order valence-electron chi connectivity index (χ4n) is 3.33. The number of pyridine rings is 1. The van der Waals surface area contributed by atoms with Gasteiger partial charge < -0.3 is 19.9 Å². The van der Waals surface area contributed by atoms with Gasteiger partial charge in [0.25, 0.3) is 11.8 Å². The predicted molar refractivity (Wildman–Crippen MR) is 110 cm³/mol. The molecule has 4 heterocycles. The summed E-state index contributed by atoms with van der Waals surface area (Å²) in [6.07, 6.45) is 3.01. The van der Waals surface area contributed by atoms with Crippen LogP contribution in [-0.4, -0.2) is 87.7 Å². The van der Waals surface area contributed by atoms with Crippen molar-refractivity contribution < 1.29 is 18.7 Å². The molecule has 1 N–H and O–H groups in total. The van der Waals surface area contributed by atoms with Gasteiger partial charge in [0, 0.05) is 51.7 Å². The highest BCUT2D eigenvalue weighted by molar-refractivity contribution is 6.11. The highest BCUT2D eigenvalue weighted by Gasteiger charge is 2.24. The number of amides is 2. The molecule has 0 atom stereocenters. The Kier molecular flexibility index (Phi) is 5.80. The number of ether oxygens (including phenoxy) is 1. The van der Waals surface area contributed by atoms with Gasteiger partial charge in [-0.15, -0.1) is 5.10 Å². The molecule has 0 aromatic carbocycles. The third-order valence-corrected chi connectivity index (χ3v) is 5.03. The van der Waals surface area contributed by atoms with E-state index in [4.69, 9.17) is 4.74 Å². The van der Waals surface area contributed by atoms with Crippen molar-refractivity contribution in [3.8, 4) is 0 Å². The number of fused-ring (bicyclic) bond motifs is 1. The average Bonchev–Trinajstić information content (AvgIpc) is 3.37. The Hall–Kier alpha value is -3.54. The first-order valence-corrected chi connectivity index (χ1v) is 9.82. The number of anilines is 2. The SMILES string of the molecule is CN(CCF)C(=O)c1cnn(C)c1C(=O)Nc1ccn2nc(N3CCOCC3)nc2c1. The minimum Gasteiger partial charge on any atom is -0.378 e. The number of nitrogens with zero attached hydrogens (tertiary/aromatic N) is 7. The van der Waals surface area contributed by atoms with E-state index in [2.05, 4.69) is 20.5 Å². The molecule has 0 aliphatic carbocycles. The monoisotopic (exact) mass is 430 g/mol. The molecule has 1 saturated heterocycles. The molecular formula is C19H23FN8O3. The van der Waals surface area contributed by atoms with Crippen molar-refractivity contribution in [1.29, 1.82) is 0 Å². The lowest BCUT2D eigenvalue weighted by Crippen LogP contribution is -2.36. The van der Waals surface area contributed by atoms with Gasteiger partial charge in [0.2, 0.25) is 5.95 Å². The highest BCUT2D eigenvalue weighted by Crippen LogP contribution is 2.18. The first-order chi connectivity index (χ1) is 15.0. The van der Waals surface area contributed by atoms with Gasteiger partial charge in [-0.1, -0.05) is 0 Å². The van der Waals surface area contributed by atoms with Crippen LogP contribution in [0.1, 0.15) is 20.8 Å². The normalized spacial score (nSPS) is 14.1. The van der Waals surface area contributed by atoms with E-state index >= 15 is 0 Å². The molecule has 0 unspecified atom stereocenters. The lowest BCUT2D eigenvalue weighted by molar-refractivity contribution is 0.0780. The van der Waals surface area contributed by atoms with Gasteiger partial charge in [0.1, 0.15) is 12.4 Å². The predicted octanol–water partition coefficient (Wildman–Crippen LogP) is 0.593. The Bertz CT molecular complexity index is 1100. The maximum atomic E-state index is 12.9. The Morgan fingerprint density at radius 2 is 2.10 bits per heavy atom. The molecule has 0 radical (unpaired) electrons. The number of hydrogen-bond acceptors (Lipinski definition) is 7. The van der Waals surface area contributed by atoms with Crippen LogP contribution in [0, 0.1) is 0 Å². The number of carbonyl (C=O) groups excluding carboxylic acids is 2. The van der Waals surface area contributed by atoms with Crippen LogP contribution in [-0.2, 0) is 11.8 Å². The largest absolute Gasteiger partial charge is 0.378 e. The first kappa shape index (κ1) is 20.7. The van der Waals surface area contributed by atoms with Crippen LogP contribution in [0.3, 0.4) is 0 Å². The molecule has 3 aromatic heterocycles. The van der Waals surface area contributed by atoms with Crippen molar-refractivity contribution in [2.24, 2.45) is 7.05 Å². The second-order valence-electron chi connectivity index (χ2n) is 7.13. The van der Waals surface area contributed by atoms with Gasteiger partial charge in [0.05, 0.1) is 25.0 Å². The third-order valence-electron chi connectivity index (χ3n) is 5.03. The Balaban J connectivity index is 1.55. The third kappa shape index (κ3) is 4.19. The van der Waals surface area contributed by atoms with Crippen LogP contribution >= 0.6 is 0 Å². The van der Waals surface area contributed by atoms with Gasteiger partial charge in [-0.05, 0) is 6.07 Å². The zero-order valence-electron chi connectivity index (χ0n) is 17.3. The van der Waals surface area contributed by atoms with Crippen LogP contribution in [0.25, 0.3) is 5.65 Å². The number of aromatic nitrogens is 5. The van der Waals surface area contributed by atoms with Crippen LogP contribution in [0.4, 0.5) is 16.0 Å². The summed E-state index contributed by atoms with van der Waals surface area (Å²) in [5, 5.41) is 11.3. The van der Waals surface area contributed by atoms with Crippen molar-refractivity contribution in [2.45, 2.75) is 0 Å². The fraction of sp³-hybridized carbons (Fsp3) is 0.421. The second kappa shape index (κ2) is 8.68. The molecule has 1 aliphatic heterocycles. The Morgan fingerprint density at radius 1 is 1.32 bits per heavy atom. The second-order valence-corrected chi connectivity index (χ2v) is 7.13. The summed E-state index contributed by atoms with van der Waals surface area (Å²) in [5.74, 6) is -0.379. The van der Waals surface area contributed by atoms with E-state index in [1.807, 2.05) is 4.90 Å². The summed E-state index contributed by atoms with van der Waals surface area (Å²) < 4.78 is 20.9. The molecule has 4 rings (SSSR count). The average molecular weight is 430 g/mol. The summed E-state index contributed by atoms with van der Waals surface area (Å²) in [6, 6.07) is 3.39. The molecule has 1 aliphatic rings. The van der Waals surface area contributed by atoms with Crippen molar-refractivity contribution in [3.05, 3.63) is 35.8 Å².